The highest BCUT2D eigenvalue weighted by Gasteiger charge is 2.17. The molecule has 29 heavy (non-hydrogen) atoms. The monoisotopic (exact) mass is 457 g/mol. The Bertz CT molecular complexity index is 983. The third kappa shape index (κ3) is 4.98. The summed E-state index contributed by atoms with van der Waals surface area (Å²) >= 11 is 3.45. The van der Waals surface area contributed by atoms with Crippen LogP contribution in [0.4, 0.5) is 5.82 Å². The van der Waals surface area contributed by atoms with Crippen LogP contribution in [-0.4, -0.2) is 29.4 Å². The molecular weight excluding hydrogens is 434 g/mol. The van der Waals surface area contributed by atoms with E-state index in [2.05, 4.69) is 57.5 Å². The van der Waals surface area contributed by atoms with Crippen LogP contribution in [0.2, 0.25) is 0 Å². The average molecular weight is 458 g/mol. The highest BCUT2D eigenvalue weighted by atomic mass is 79.9. The minimum absolute atomic E-state index is 0.255. The Morgan fingerprint density at radius 1 is 1.14 bits per heavy atom. The number of hydrogen-bond acceptors (Lipinski definition) is 4. The smallest absolute Gasteiger partial charge is 0.256 e. The zero-order chi connectivity index (χ0) is 20.8. The van der Waals surface area contributed by atoms with Crippen molar-refractivity contribution in [3.8, 4) is 11.5 Å². The number of nitrogens with zero attached hydrogens (tertiary/aromatic N) is 2. The largest absolute Gasteiger partial charge is 0.493 e. The number of rotatable bonds is 8. The third-order valence-electron chi connectivity index (χ3n) is 4.50. The van der Waals surface area contributed by atoms with E-state index in [1.165, 1.54) is 5.56 Å². The van der Waals surface area contributed by atoms with E-state index in [-0.39, 0.29) is 5.91 Å². The predicted molar refractivity (Wildman–Crippen MR) is 117 cm³/mol. The molecular formula is C22H24BrN3O3. The first kappa shape index (κ1) is 20.9. The number of ether oxygens (including phenoxy) is 2. The van der Waals surface area contributed by atoms with Crippen LogP contribution in [0, 0.1) is 0 Å². The summed E-state index contributed by atoms with van der Waals surface area (Å²) in [5.74, 6) is 1.44. The molecule has 1 amide bonds. The van der Waals surface area contributed by atoms with Gasteiger partial charge >= 0.3 is 0 Å². The topological polar surface area (TPSA) is 65.4 Å². The van der Waals surface area contributed by atoms with Crippen molar-refractivity contribution in [1.82, 2.24) is 9.78 Å². The molecule has 0 fully saturated rings. The molecule has 0 saturated carbocycles. The van der Waals surface area contributed by atoms with Crippen LogP contribution >= 0.6 is 15.9 Å². The van der Waals surface area contributed by atoms with Gasteiger partial charge < -0.3 is 14.8 Å². The summed E-state index contributed by atoms with van der Waals surface area (Å²) in [7, 11) is 1.55. The van der Waals surface area contributed by atoms with Crippen molar-refractivity contribution in [2.45, 2.75) is 26.8 Å². The first-order valence-electron chi connectivity index (χ1n) is 9.47. The molecule has 0 bridgehead atoms. The fourth-order valence-electron chi connectivity index (χ4n) is 2.94. The lowest BCUT2D eigenvalue weighted by atomic mass is 10.1. The van der Waals surface area contributed by atoms with Gasteiger partial charge in [-0.2, -0.15) is 5.10 Å². The molecule has 0 aliphatic rings. The number of halogens is 1. The SMILES string of the molecule is CCOc1c(Br)cc(C(=O)Nc2ccnn2Cc2ccc(CC)cc2)cc1OC. The van der Waals surface area contributed by atoms with Crippen molar-refractivity contribution < 1.29 is 14.3 Å². The van der Waals surface area contributed by atoms with Gasteiger partial charge in [-0.3, -0.25) is 4.79 Å². The maximum atomic E-state index is 12.8. The van der Waals surface area contributed by atoms with Gasteiger partial charge in [0.05, 0.1) is 30.9 Å². The molecule has 0 radical (unpaired) electrons. The third-order valence-corrected chi connectivity index (χ3v) is 5.09. The second-order valence-corrected chi connectivity index (χ2v) is 7.28. The summed E-state index contributed by atoms with van der Waals surface area (Å²) in [4.78, 5) is 12.8. The molecule has 1 heterocycles. The van der Waals surface area contributed by atoms with Gasteiger partial charge in [0.2, 0.25) is 0 Å². The van der Waals surface area contributed by atoms with Crippen LogP contribution < -0.4 is 14.8 Å². The molecule has 2 aromatic carbocycles. The Kier molecular flexibility index (Phi) is 6.93. The van der Waals surface area contributed by atoms with Crippen LogP contribution in [0.25, 0.3) is 0 Å². The van der Waals surface area contributed by atoms with Gasteiger partial charge in [0, 0.05) is 11.6 Å². The average Bonchev–Trinajstić information content (AvgIpc) is 3.16. The Morgan fingerprint density at radius 2 is 1.86 bits per heavy atom. The van der Waals surface area contributed by atoms with Crippen LogP contribution in [0.5, 0.6) is 11.5 Å². The highest BCUT2D eigenvalue weighted by Crippen LogP contribution is 2.36. The van der Waals surface area contributed by atoms with Gasteiger partial charge in [0.25, 0.3) is 5.91 Å². The summed E-state index contributed by atoms with van der Waals surface area (Å²) < 4.78 is 13.4. The molecule has 1 aromatic heterocycles. The molecule has 3 rings (SSSR count). The molecule has 1 N–H and O–H groups in total. The van der Waals surface area contributed by atoms with Crippen molar-refractivity contribution in [3.05, 3.63) is 69.8 Å². The van der Waals surface area contributed by atoms with Crippen molar-refractivity contribution >= 4 is 27.7 Å². The molecule has 0 spiro atoms. The minimum atomic E-state index is -0.255. The van der Waals surface area contributed by atoms with Crippen LogP contribution in [0.3, 0.4) is 0 Å². The molecule has 0 atom stereocenters. The number of aromatic nitrogens is 2. The zero-order valence-corrected chi connectivity index (χ0v) is 18.3. The van der Waals surface area contributed by atoms with E-state index in [0.717, 1.165) is 12.0 Å². The van der Waals surface area contributed by atoms with E-state index in [0.29, 0.717) is 40.5 Å². The van der Waals surface area contributed by atoms with E-state index >= 15 is 0 Å². The number of carbonyl (C=O) groups is 1. The fourth-order valence-corrected chi connectivity index (χ4v) is 3.50. The van der Waals surface area contributed by atoms with Crippen molar-refractivity contribution in [3.63, 3.8) is 0 Å². The van der Waals surface area contributed by atoms with Crippen LogP contribution in [-0.2, 0) is 13.0 Å². The summed E-state index contributed by atoms with van der Waals surface area (Å²) in [5, 5.41) is 7.26. The number of benzene rings is 2. The lowest BCUT2D eigenvalue weighted by molar-refractivity contribution is 0.102. The van der Waals surface area contributed by atoms with Crippen molar-refractivity contribution in [2.24, 2.45) is 0 Å². The van der Waals surface area contributed by atoms with Crippen molar-refractivity contribution in [2.75, 3.05) is 19.0 Å². The van der Waals surface area contributed by atoms with Gasteiger partial charge in [-0.15, -0.1) is 0 Å². The Hall–Kier alpha value is -2.80. The Morgan fingerprint density at radius 3 is 2.52 bits per heavy atom. The number of amides is 1. The number of aryl methyl sites for hydroxylation is 1. The second-order valence-electron chi connectivity index (χ2n) is 6.42. The maximum absolute atomic E-state index is 12.8. The Labute approximate surface area is 179 Å². The zero-order valence-electron chi connectivity index (χ0n) is 16.7. The molecule has 0 aliphatic carbocycles. The van der Waals surface area contributed by atoms with E-state index in [4.69, 9.17) is 9.47 Å². The molecule has 6 nitrogen and oxygen atoms in total. The van der Waals surface area contributed by atoms with Gasteiger partial charge in [0.15, 0.2) is 11.5 Å². The van der Waals surface area contributed by atoms with Gasteiger partial charge in [-0.05, 0) is 52.5 Å². The quantitative estimate of drug-likeness (QED) is 0.521. The fraction of sp³-hybridized carbons (Fsp3) is 0.273. The maximum Gasteiger partial charge on any atom is 0.256 e. The number of nitrogens with one attached hydrogen (secondary N) is 1. The van der Waals surface area contributed by atoms with E-state index in [9.17, 15) is 4.79 Å². The molecule has 0 aliphatic heterocycles. The van der Waals surface area contributed by atoms with Gasteiger partial charge in [0.1, 0.15) is 5.82 Å². The molecule has 0 saturated heterocycles. The lowest BCUT2D eigenvalue weighted by Gasteiger charge is -2.14. The molecule has 0 unspecified atom stereocenters. The molecule has 3 aromatic rings. The van der Waals surface area contributed by atoms with Crippen LogP contribution in [0.1, 0.15) is 35.3 Å². The Balaban J connectivity index is 1.78. The predicted octanol–water partition coefficient (Wildman–Crippen LogP) is 4.92. The highest BCUT2D eigenvalue weighted by molar-refractivity contribution is 9.10. The molecule has 7 heteroatoms. The summed E-state index contributed by atoms with van der Waals surface area (Å²) in [6.07, 6.45) is 2.68. The first-order chi connectivity index (χ1) is 14.0. The minimum Gasteiger partial charge on any atom is -0.493 e. The normalized spacial score (nSPS) is 10.6. The standard InChI is InChI=1S/C22H24BrN3O3/c1-4-15-6-8-16(9-7-15)14-26-20(10-11-24-26)25-22(27)17-12-18(23)21(29-5-2)19(13-17)28-3/h6-13H,4-5,14H2,1-3H3,(H,25,27). The van der Waals surface area contributed by atoms with E-state index < -0.39 is 0 Å². The van der Waals surface area contributed by atoms with Crippen LogP contribution in [0.15, 0.2) is 53.1 Å². The number of anilines is 1. The van der Waals surface area contributed by atoms with Gasteiger partial charge in [-0.25, -0.2) is 4.68 Å². The lowest BCUT2D eigenvalue weighted by Crippen LogP contribution is -2.16. The molecule has 152 valence electrons. The summed E-state index contributed by atoms with van der Waals surface area (Å²) in [6.45, 7) is 5.09. The number of methoxy groups -OCH3 is 1. The number of hydrogen-bond donors (Lipinski definition) is 1. The number of carbonyl (C=O) groups excluding carboxylic acids is 1. The van der Waals surface area contributed by atoms with E-state index in [1.807, 2.05) is 6.92 Å². The van der Waals surface area contributed by atoms with E-state index in [1.54, 1.807) is 36.2 Å². The summed E-state index contributed by atoms with van der Waals surface area (Å²) in [5.41, 5.74) is 2.86. The summed E-state index contributed by atoms with van der Waals surface area (Å²) in [6, 6.07) is 13.5. The van der Waals surface area contributed by atoms with Gasteiger partial charge in [-0.1, -0.05) is 31.2 Å². The van der Waals surface area contributed by atoms with Crippen molar-refractivity contribution in [1.29, 1.82) is 0 Å². The second kappa shape index (κ2) is 9.60. The first-order valence-corrected chi connectivity index (χ1v) is 10.3.